The SMILES string of the molecule is c1ccc(N(c2ccccc2)c2ccc3c(c2)Sc2cc(-c4c5ccccc5c(-c5ccc6ccccc6c5)c5ccccc45)cc4c2B3c2ccc(N(c3ccccc3)c3ccccc3)cc2S4)cc1. The Labute approximate surface area is 423 Å². The van der Waals surface area contributed by atoms with Crippen molar-refractivity contribution in [3.05, 3.63) is 261 Å². The molecule has 0 fully saturated rings. The average molecular weight is 939 g/mol. The van der Waals surface area contributed by atoms with Crippen molar-refractivity contribution >= 4 is 113 Å². The predicted octanol–water partition coefficient (Wildman–Crippen LogP) is 16.9. The average Bonchev–Trinajstić information content (AvgIpc) is 3.43. The molecule has 0 saturated carbocycles. The highest BCUT2D eigenvalue weighted by Crippen LogP contribution is 2.49. The van der Waals surface area contributed by atoms with Crippen LogP contribution < -0.4 is 26.2 Å². The number of hydrogen-bond acceptors (Lipinski definition) is 4. The fraction of sp³-hybridized carbons (Fsp3) is 0. The highest BCUT2D eigenvalue weighted by molar-refractivity contribution is 8.01. The Balaban J connectivity index is 0.991. The van der Waals surface area contributed by atoms with Crippen molar-refractivity contribution in [2.45, 2.75) is 19.6 Å². The summed E-state index contributed by atoms with van der Waals surface area (Å²) in [6.07, 6.45) is 0. The highest BCUT2D eigenvalue weighted by Gasteiger charge is 2.39. The van der Waals surface area contributed by atoms with Gasteiger partial charge in [0, 0.05) is 53.7 Å². The quantitative estimate of drug-likeness (QED) is 0.111. The summed E-state index contributed by atoms with van der Waals surface area (Å²) in [7, 11) is 0. The van der Waals surface area contributed by atoms with Gasteiger partial charge in [0.15, 0.2) is 0 Å². The van der Waals surface area contributed by atoms with Gasteiger partial charge in [-0.2, -0.15) is 0 Å². The molecule has 0 amide bonds. The van der Waals surface area contributed by atoms with Gasteiger partial charge in [-0.05, 0) is 151 Å². The van der Waals surface area contributed by atoms with Gasteiger partial charge in [0.1, 0.15) is 0 Å². The molecule has 5 heteroatoms. The van der Waals surface area contributed by atoms with E-state index in [9.17, 15) is 0 Å². The molecule has 12 aromatic rings. The van der Waals surface area contributed by atoms with Crippen LogP contribution in [0.1, 0.15) is 0 Å². The summed E-state index contributed by atoms with van der Waals surface area (Å²) in [6.45, 7) is 0.0530. The Morgan fingerprint density at radius 2 is 0.648 bits per heavy atom. The highest BCUT2D eigenvalue weighted by atomic mass is 32.2. The van der Waals surface area contributed by atoms with Gasteiger partial charge in [0.05, 0.1) is 0 Å². The summed E-state index contributed by atoms with van der Waals surface area (Å²) in [5, 5.41) is 7.53. The molecule has 0 radical (unpaired) electrons. The van der Waals surface area contributed by atoms with Gasteiger partial charge in [-0.15, -0.1) is 0 Å². The maximum atomic E-state index is 2.51. The van der Waals surface area contributed by atoms with E-state index in [2.05, 4.69) is 271 Å². The number of nitrogens with zero attached hydrogens (tertiary/aromatic N) is 2. The van der Waals surface area contributed by atoms with E-state index < -0.39 is 0 Å². The Bertz CT molecular complexity index is 3720. The van der Waals surface area contributed by atoms with Crippen molar-refractivity contribution in [2.24, 2.45) is 0 Å². The first-order valence-electron chi connectivity index (χ1n) is 24.3. The van der Waals surface area contributed by atoms with Gasteiger partial charge in [0.25, 0.3) is 0 Å². The predicted molar refractivity (Wildman–Crippen MR) is 305 cm³/mol. The molecule has 2 nitrogen and oxygen atoms in total. The van der Waals surface area contributed by atoms with Crippen LogP contribution in [0.5, 0.6) is 0 Å². The lowest BCUT2D eigenvalue weighted by Crippen LogP contribution is -2.58. The van der Waals surface area contributed by atoms with E-state index in [1.807, 2.05) is 23.5 Å². The summed E-state index contributed by atoms with van der Waals surface area (Å²) in [5.74, 6) is 0. The van der Waals surface area contributed by atoms with Gasteiger partial charge in [-0.25, -0.2) is 0 Å². The van der Waals surface area contributed by atoms with Gasteiger partial charge in [-0.3, -0.25) is 0 Å². The van der Waals surface area contributed by atoms with Crippen LogP contribution in [-0.2, 0) is 0 Å². The van der Waals surface area contributed by atoms with Crippen LogP contribution in [-0.4, -0.2) is 6.71 Å². The molecule has 332 valence electrons. The summed E-state index contributed by atoms with van der Waals surface area (Å²) in [4.78, 5) is 9.93. The maximum absolute atomic E-state index is 2.51. The smallest absolute Gasteiger partial charge is 0.247 e. The van der Waals surface area contributed by atoms with Crippen LogP contribution in [0.15, 0.2) is 280 Å². The standard InChI is InChI=1S/C66H43BN2S2/c1-5-21-48(22-6-1)68(49-23-7-2-8-24-49)52-35-37-58-60(42-52)70-62-40-47(65-56-31-17-15-29-54(56)64(55-30-16-18-32-57(55)65)46-34-33-44-19-13-14-20-45(44)39-46)41-63-66(62)67(58)59-38-36-53(43-61(59)71-63)69(50-25-9-3-10-26-50)51-27-11-4-12-28-51/h1-43H. The lowest BCUT2D eigenvalue weighted by Gasteiger charge is -2.35. The molecule has 14 rings (SSSR count). The van der Waals surface area contributed by atoms with Crippen LogP contribution in [0.3, 0.4) is 0 Å². The van der Waals surface area contributed by atoms with Crippen LogP contribution in [0.4, 0.5) is 34.1 Å². The second-order valence-corrected chi connectivity index (χ2v) is 20.6. The van der Waals surface area contributed by atoms with E-state index in [-0.39, 0.29) is 6.71 Å². The second-order valence-electron chi connectivity index (χ2n) is 18.4. The number of benzene rings is 12. The first-order valence-corrected chi connectivity index (χ1v) is 25.9. The molecule has 2 aliphatic rings. The summed E-state index contributed by atoms with van der Waals surface area (Å²) >= 11 is 3.84. The monoisotopic (exact) mass is 938 g/mol. The molecule has 2 aliphatic heterocycles. The summed E-state index contributed by atoms with van der Waals surface area (Å²) in [6, 6.07) is 96.1. The third-order valence-electron chi connectivity index (χ3n) is 14.3. The van der Waals surface area contributed by atoms with Crippen molar-refractivity contribution in [1.82, 2.24) is 0 Å². The molecule has 0 aromatic heterocycles. The number of anilines is 6. The second kappa shape index (κ2) is 17.3. The Morgan fingerprint density at radius 3 is 1.08 bits per heavy atom. The first-order chi connectivity index (χ1) is 35.2. The van der Waals surface area contributed by atoms with Crippen molar-refractivity contribution in [1.29, 1.82) is 0 Å². The number of rotatable bonds is 8. The zero-order valence-corrected chi connectivity index (χ0v) is 40.2. The summed E-state index contributed by atoms with van der Waals surface area (Å²) in [5.41, 5.74) is 15.9. The normalized spacial score (nSPS) is 12.4. The maximum Gasteiger partial charge on any atom is 0.247 e. The topological polar surface area (TPSA) is 6.48 Å². The number of hydrogen-bond donors (Lipinski definition) is 0. The van der Waals surface area contributed by atoms with E-state index in [0.29, 0.717) is 0 Å². The lowest BCUT2D eigenvalue weighted by atomic mass is 9.36. The molecule has 2 heterocycles. The van der Waals surface area contributed by atoms with Crippen molar-refractivity contribution in [3.63, 3.8) is 0 Å². The Kier molecular flexibility index (Phi) is 10.2. The third-order valence-corrected chi connectivity index (χ3v) is 16.5. The van der Waals surface area contributed by atoms with Crippen LogP contribution in [0.2, 0.25) is 0 Å². The molecule has 0 spiro atoms. The molecule has 12 aromatic carbocycles. The minimum Gasteiger partial charge on any atom is -0.310 e. The number of fused-ring (bicyclic) bond motifs is 7. The first kappa shape index (κ1) is 41.7. The summed E-state index contributed by atoms with van der Waals surface area (Å²) < 4.78 is 0. The molecule has 0 bridgehead atoms. The number of para-hydroxylation sites is 4. The zero-order chi connectivity index (χ0) is 46.8. The Morgan fingerprint density at radius 1 is 0.268 bits per heavy atom. The molecular formula is C66H43BN2S2. The lowest BCUT2D eigenvalue weighted by molar-refractivity contribution is 1.25. The van der Waals surface area contributed by atoms with Gasteiger partial charge in [0.2, 0.25) is 6.71 Å². The van der Waals surface area contributed by atoms with E-state index in [4.69, 9.17) is 0 Å². The van der Waals surface area contributed by atoms with Crippen LogP contribution >= 0.6 is 23.5 Å². The molecule has 0 saturated heterocycles. The van der Waals surface area contributed by atoms with E-state index in [1.54, 1.807) is 0 Å². The van der Waals surface area contributed by atoms with Gasteiger partial charge >= 0.3 is 0 Å². The minimum atomic E-state index is 0.0530. The Hall–Kier alpha value is -8.22. The van der Waals surface area contributed by atoms with Crippen LogP contribution in [0.25, 0.3) is 54.6 Å². The van der Waals surface area contributed by atoms with Crippen LogP contribution in [0, 0.1) is 0 Å². The fourth-order valence-corrected chi connectivity index (χ4v) is 13.7. The van der Waals surface area contributed by atoms with Crippen molar-refractivity contribution < 1.29 is 0 Å². The van der Waals surface area contributed by atoms with Crippen molar-refractivity contribution in [2.75, 3.05) is 9.80 Å². The van der Waals surface area contributed by atoms with E-state index in [0.717, 1.165) is 34.1 Å². The molecule has 0 unspecified atom stereocenters. The van der Waals surface area contributed by atoms with E-state index in [1.165, 1.54) is 90.5 Å². The third kappa shape index (κ3) is 7.15. The molecule has 0 atom stereocenters. The largest absolute Gasteiger partial charge is 0.310 e. The van der Waals surface area contributed by atoms with Gasteiger partial charge < -0.3 is 9.80 Å². The fourth-order valence-electron chi connectivity index (χ4n) is 11.2. The zero-order valence-electron chi connectivity index (χ0n) is 38.6. The van der Waals surface area contributed by atoms with E-state index >= 15 is 0 Å². The van der Waals surface area contributed by atoms with Crippen molar-refractivity contribution in [3.8, 4) is 22.3 Å². The van der Waals surface area contributed by atoms with Gasteiger partial charge in [-0.1, -0.05) is 204 Å². The molecule has 0 aliphatic carbocycles. The molecule has 71 heavy (non-hydrogen) atoms. The molecular weight excluding hydrogens is 896 g/mol. The molecule has 0 N–H and O–H groups in total. The minimum absolute atomic E-state index is 0.0530.